The number of piperidine rings is 1. The lowest BCUT2D eigenvalue weighted by atomic mass is 9.97. The van der Waals surface area contributed by atoms with E-state index in [9.17, 15) is 9.59 Å². The number of rotatable bonds is 2. The van der Waals surface area contributed by atoms with Crippen molar-refractivity contribution in [2.45, 2.75) is 19.8 Å². The van der Waals surface area contributed by atoms with E-state index >= 15 is 0 Å². The van der Waals surface area contributed by atoms with Crippen LogP contribution in [0.15, 0.2) is 18.2 Å². The molecule has 0 bridgehead atoms. The second kappa shape index (κ2) is 5.11. The number of ether oxygens (including phenoxy) is 1. The molecule has 0 unspecified atom stereocenters. The maximum atomic E-state index is 12.0. The summed E-state index contributed by atoms with van der Waals surface area (Å²) in [4.78, 5) is 25.2. The van der Waals surface area contributed by atoms with E-state index in [1.807, 2.05) is 13.0 Å². The third-order valence-electron chi connectivity index (χ3n) is 3.09. The number of methoxy groups -OCH3 is 1. The van der Waals surface area contributed by atoms with Crippen LogP contribution in [0.1, 0.15) is 25.3 Å². The minimum atomic E-state index is -0.230. The zero-order valence-electron chi connectivity index (χ0n) is 10.8. The predicted molar refractivity (Wildman–Crippen MR) is 68.6 cm³/mol. The Bertz CT molecular complexity index is 557. The van der Waals surface area contributed by atoms with Crippen molar-refractivity contribution in [3.63, 3.8) is 0 Å². The molecule has 0 aromatic heterocycles. The molecule has 0 N–H and O–H groups in total. The number of anilines is 1. The Balaban J connectivity index is 2.44. The fourth-order valence-electron chi connectivity index (χ4n) is 2.19. The highest BCUT2D eigenvalue weighted by molar-refractivity contribution is 6.17. The van der Waals surface area contributed by atoms with Crippen LogP contribution in [0.25, 0.3) is 0 Å². The van der Waals surface area contributed by atoms with E-state index in [1.54, 1.807) is 12.1 Å². The molecule has 0 spiro atoms. The molecular formula is C14H14N2O3. The number of carbonyl (C=O) groups excluding carboxylic acids is 2. The van der Waals surface area contributed by atoms with Crippen molar-refractivity contribution in [2.75, 3.05) is 12.0 Å². The van der Waals surface area contributed by atoms with Crippen LogP contribution < -0.4 is 9.64 Å². The quantitative estimate of drug-likeness (QED) is 0.759. The Kier molecular flexibility index (Phi) is 3.52. The first-order valence-electron chi connectivity index (χ1n) is 6.00. The molecule has 1 aromatic carbocycles. The van der Waals surface area contributed by atoms with Gasteiger partial charge in [0.2, 0.25) is 11.8 Å². The Hall–Kier alpha value is -2.35. The van der Waals surface area contributed by atoms with Crippen LogP contribution in [0.5, 0.6) is 5.75 Å². The number of nitrogens with zero attached hydrogens (tertiary/aromatic N) is 2. The van der Waals surface area contributed by atoms with Gasteiger partial charge in [-0.25, -0.2) is 4.90 Å². The molecule has 1 aliphatic heterocycles. The minimum Gasteiger partial charge on any atom is -0.495 e. The van der Waals surface area contributed by atoms with Crippen LogP contribution in [-0.2, 0) is 9.59 Å². The van der Waals surface area contributed by atoms with Gasteiger partial charge in [0, 0.05) is 18.9 Å². The molecule has 5 nitrogen and oxygen atoms in total. The van der Waals surface area contributed by atoms with Gasteiger partial charge in [0.15, 0.2) is 0 Å². The Morgan fingerprint density at radius 3 is 2.47 bits per heavy atom. The summed E-state index contributed by atoms with van der Waals surface area (Å²) in [6.45, 7) is 1.88. The van der Waals surface area contributed by atoms with Crippen LogP contribution >= 0.6 is 0 Å². The van der Waals surface area contributed by atoms with Crippen molar-refractivity contribution in [2.24, 2.45) is 5.92 Å². The smallest absolute Gasteiger partial charge is 0.234 e. The Labute approximate surface area is 111 Å². The van der Waals surface area contributed by atoms with Crippen LogP contribution in [0.2, 0.25) is 0 Å². The topological polar surface area (TPSA) is 70.4 Å². The van der Waals surface area contributed by atoms with E-state index in [4.69, 9.17) is 10.00 Å². The van der Waals surface area contributed by atoms with Gasteiger partial charge in [0.05, 0.1) is 24.4 Å². The van der Waals surface area contributed by atoms with Gasteiger partial charge in [0.1, 0.15) is 5.75 Å². The van der Waals surface area contributed by atoms with Gasteiger partial charge in [-0.05, 0) is 18.1 Å². The number of nitriles is 1. The van der Waals surface area contributed by atoms with Crippen molar-refractivity contribution >= 4 is 17.5 Å². The number of hydrogen-bond donors (Lipinski definition) is 0. The fraction of sp³-hybridized carbons (Fsp3) is 0.357. The zero-order valence-corrected chi connectivity index (χ0v) is 10.8. The fourth-order valence-corrected chi connectivity index (χ4v) is 2.19. The van der Waals surface area contributed by atoms with E-state index in [2.05, 4.69) is 0 Å². The molecule has 98 valence electrons. The molecule has 1 fully saturated rings. The maximum absolute atomic E-state index is 12.0. The first-order chi connectivity index (χ1) is 9.06. The summed E-state index contributed by atoms with van der Waals surface area (Å²) in [7, 11) is 1.45. The summed E-state index contributed by atoms with van der Waals surface area (Å²) in [6, 6.07) is 6.65. The highest BCUT2D eigenvalue weighted by Gasteiger charge is 2.33. The van der Waals surface area contributed by atoms with Gasteiger partial charge < -0.3 is 4.74 Å². The molecular weight excluding hydrogens is 244 g/mol. The predicted octanol–water partition coefficient (Wildman–Crippen LogP) is 1.86. The van der Waals surface area contributed by atoms with Crippen molar-refractivity contribution in [3.8, 4) is 11.8 Å². The monoisotopic (exact) mass is 258 g/mol. The maximum Gasteiger partial charge on any atom is 0.234 e. The third kappa shape index (κ3) is 2.43. The number of amides is 2. The molecule has 19 heavy (non-hydrogen) atoms. The molecule has 2 amide bonds. The summed E-state index contributed by atoms with van der Waals surface area (Å²) in [6.07, 6.45) is 0.684. The molecule has 1 aromatic rings. The number of hydrogen-bond acceptors (Lipinski definition) is 4. The van der Waals surface area contributed by atoms with Crippen molar-refractivity contribution in [3.05, 3.63) is 23.8 Å². The van der Waals surface area contributed by atoms with E-state index in [0.717, 1.165) is 4.90 Å². The zero-order chi connectivity index (χ0) is 14.0. The van der Waals surface area contributed by atoms with Gasteiger partial charge in [-0.2, -0.15) is 5.26 Å². The van der Waals surface area contributed by atoms with E-state index in [0.29, 0.717) is 29.8 Å². The molecule has 0 atom stereocenters. The van der Waals surface area contributed by atoms with E-state index < -0.39 is 0 Å². The number of carbonyl (C=O) groups is 2. The summed E-state index contributed by atoms with van der Waals surface area (Å²) in [5.74, 6) is -0.0329. The molecule has 0 saturated carbocycles. The van der Waals surface area contributed by atoms with Gasteiger partial charge in [-0.1, -0.05) is 6.92 Å². The van der Waals surface area contributed by atoms with Crippen LogP contribution in [-0.4, -0.2) is 18.9 Å². The second-order valence-electron chi connectivity index (χ2n) is 4.63. The third-order valence-corrected chi connectivity index (χ3v) is 3.09. The molecule has 0 radical (unpaired) electrons. The number of benzene rings is 1. The van der Waals surface area contributed by atoms with Gasteiger partial charge >= 0.3 is 0 Å². The largest absolute Gasteiger partial charge is 0.495 e. The molecule has 5 heteroatoms. The first-order valence-corrected chi connectivity index (χ1v) is 6.00. The van der Waals surface area contributed by atoms with Crippen LogP contribution in [0, 0.1) is 17.2 Å². The molecule has 1 heterocycles. The van der Waals surface area contributed by atoms with Crippen molar-refractivity contribution in [1.29, 1.82) is 5.26 Å². The molecule has 0 aliphatic carbocycles. The average Bonchev–Trinajstić information content (AvgIpc) is 2.37. The Morgan fingerprint density at radius 1 is 1.32 bits per heavy atom. The second-order valence-corrected chi connectivity index (χ2v) is 4.63. The Morgan fingerprint density at radius 2 is 1.95 bits per heavy atom. The molecule has 2 rings (SSSR count). The SMILES string of the molecule is COc1cc(C#N)ccc1N1C(=O)CC(C)CC1=O. The van der Waals surface area contributed by atoms with Crippen LogP contribution in [0.3, 0.4) is 0 Å². The summed E-state index contributed by atoms with van der Waals surface area (Å²) in [5.41, 5.74) is 0.828. The highest BCUT2D eigenvalue weighted by atomic mass is 16.5. The standard InChI is InChI=1S/C14H14N2O3/c1-9-5-13(17)16(14(18)6-9)11-4-3-10(8-15)7-12(11)19-2/h3-4,7,9H,5-6H2,1-2H3. The van der Waals surface area contributed by atoms with Gasteiger partial charge in [-0.15, -0.1) is 0 Å². The average molecular weight is 258 g/mol. The van der Waals surface area contributed by atoms with Crippen molar-refractivity contribution in [1.82, 2.24) is 0 Å². The highest BCUT2D eigenvalue weighted by Crippen LogP contribution is 2.33. The summed E-state index contributed by atoms with van der Waals surface area (Å²) in [5, 5.41) is 8.84. The van der Waals surface area contributed by atoms with Gasteiger partial charge in [-0.3, -0.25) is 9.59 Å². The van der Waals surface area contributed by atoms with Crippen LogP contribution in [0.4, 0.5) is 5.69 Å². The first kappa shape index (κ1) is 13.1. The van der Waals surface area contributed by atoms with Crippen molar-refractivity contribution < 1.29 is 14.3 Å². The summed E-state index contributed by atoms with van der Waals surface area (Å²) < 4.78 is 5.17. The van der Waals surface area contributed by atoms with E-state index in [1.165, 1.54) is 13.2 Å². The molecule has 1 aliphatic rings. The minimum absolute atomic E-state index is 0.0700. The summed E-state index contributed by atoms with van der Waals surface area (Å²) >= 11 is 0. The molecule has 1 saturated heterocycles. The number of imide groups is 1. The lowest BCUT2D eigenvalue weighted by Gasteiger charge is -2.29. The van der Waals surface area contributed by atoms with E-state index in [-0.39, 0.29) is 17.7 Å². The normalized spacial score (nSPS) is 16.4. The lowest BCUT2D eigenvalue weighted by molar-refractivity contribution is -0.130. The lowest BCUT2D eigenvalue weighted by Crippen LogP contribution is -2.43. The van der Waals surface area contributed by atoms with Gasteiger partial charge in [0.25, 0.3) is 0 Å².